The Bertz CT molecular complexity index is 1220. The summed E-state index contributed by atoms with van der Waals surface area (Å²) in [5.74, 6) is 0. The van der Waals surface area contributed by atoms with Gasteiger partial charge in [-0.05, 0) is 42.5 Å². The Labute approximate surface area is 179 Å². The third-order valence-corrected chi connectivity index (χ3v) is 4.06. The van der Waals surface area contributed by atoms with Crippen LogP contribution in [0.4, 0.5) is 25.2 Å². The zero-order chi connectivity index (χ0) is 23.5. The molecule has 0 saturated heterocycles. The van der Waals surface area contributed by atoms with E-state index >= 15 is 0 Å². The molecule has 168 valence electrons. The number of pyridine rings is 4. The van der Waals surface area contributed by atoms with Crippen LogP contribution in [0.15, 0.2) is 85.3 Å². The monoisotopic (exact) mass is 470 g/mol. The number of nitrogens with zero attached hydrogens (tertiary/aromatic N) is 4. The Hall–Kier alpha value is -3.39. The molecular formula is C21H17F6N4P. The summed E-state index contributed by atoms with van der Waals surface area (Å²) in [5.41, 5.74) is 5.56. The maximum atomic E-state index is 9.87. The van der Waals surface area contributed by atoms with Crippen LogP contribution in [0.25, 0.3) is 34.0 Å². The van der Waals surface area contributed by atoms with Gasteiger partial charge in [0.2, 0.25) is 5.69 Å². The number of rotatable bonds is 3. The third-order valence-electron chi connectivity index (χ3n) is 4.06. The molecule has 0 atom stereocenters. The van der Waals surface area contributed by atoms with E-state index in [0.717, 1.165) is 34.0 Å². The third kappa shape index (κ3) is 7.39. The zero-order valence-corrected chi connectivity index (χ0v) is 17.5. The second-order valence-electron chi connectivity index (χ2n) is 6.68. The summed E-state index contributed by atoms with van der Waals surface area (Å²) in [6, 6.07) is 21.9. The molecule has 0 saturated carbocycles. The number of aromatic nitrogens is 4. The van der Waals surface area contributed by atoms with Gasteiger partial charge < -0.3 is 0 Å². The molecule has 4 aromatic rings. The van der Waals surface area contributed by atoms with Crippen LogP contribution in [0, 0.1) is 0 Å². The van der Waals surface area contributed by atoms with Gasteiger partial charge in [-0.3, -0.25) is 4.98 Å². The van der Waals surface area contributed by atoms with Gasteiger partial charge in [-0.25, -0.2) is 9.97 Å². The van der Waals surface area contributed by atoms with Crippen LogP contribution in [0.1, 0.15) is 0 Å². The average molecular weight is 470 g/mol. The van der Waals surface area contributed by atoms with Crippen LogP contribution in [0.2, 0.25) is 0 Å². The van der Waals surface area contributed by atoms with Crippen molar-refractivity contribution in [1.82, 2.24) is 15.0 Å². The van der Waals surface area contributed by atoms with E-state index in [2.05, 4.69) is 26.7 Å². The molecule has 0 unspecified atom stereocenters. The molecule has 0 fully saturated rings. The standard InChI is InChI=1S/C21H17N4.F6P/c1-25-15-5-3-12-20(25)21-16(8-7-14-23-21)17-10-6-11-19(24-17)18-9-2-4-13-22-18;1-7(2,3,4,5)6/h2-15H,1H3;/q+1;-1. The molecule has 4 rings (SSSR count). The van der Waals surface area contributed by atoms with Crippen LogP contribution < -0.4 is 4.57 Å². The van der Waals surface area contributed by atoms with Gasteiger partial charge in [0.15, 0.2) is 6.20 Å². The Kier molecular flexibility index (Phi) is 5.78. The molecule has 0 radical (unpaired) electrons. The van der Waals surface area contributed by atoms with Crippen molar-refractivity contribution in [2.45, 2.75) is 0 Å². The second kappa shape index (κ2) is 7.94. The van der Waals surface area contributed by atoms with Gasteiger partial charge in [-0.1, -0.05) is 12.1 Å². The van der Waals surface area contributed by atoms with Crippen molar-refractivity contribution >= 4 is 7.81 Å². The molecule has 4 heterocycles. The summed E-state index contributed by atoms with van der Waals surface area (Å²) in [6.07, 6.45) is 5.61. The molecule has 0 aliphatic carbocycles. The van der Waals surface area contributed by atoms with Crippen molar-refractivity contribution in [2.75, 3.05) is 0 Å². The van der Waals surface area contributed by atoms with E-state index in [4.69, 9.17) is 4.98 Å². The van der Waals surface area contributed by atoms with Gasteiger partial charge in [0.25, 0.3) is 0 Å². The minimum atomic E-state index is -10.7. The second-order valence-corrected chi connectivity index (χ2v) is 8.59. The first-order chi connectivity index (χ1) is 14.8. The Balaban J connectivity index is 0.000000360. The molecule has 0 aliphatic rings. The number of aryl methyl sites for hydroxylation is 1. The number of hydrogen-bond acceptors (Lipinski definition) is 3. The molecule has 4 nitrogen and oxygen atoms in total. The van der Waals surface area contributed by atoms with Crippen molar-refractivity contribution in [2.24, 2.45) is 7.05 Å². The van der Waals surface area contributed by atoms with Gasteiger partial charge in [0.1, 0.15) is 12.7 Å². The van der Waals surface area contributed by atoms with Crippen LogP contribution in [-0.4, -0.2) is 15.0 Å². The Morgan fingerprint density at radius 3 is 1.94 bits per heavy atom. The summed E-state index contributed by atoms with van der Waals surface area (Å²) in [5, 5.41) is 0. The van der Waals surface area contributed by atoms with E-state index in [0.29, 0.717) is 0 Å². The fraction of sp³-hybridized carbons (Fsp3) is 0.0476. The van der Waals surface area contributed by atoms with Crippen molar-refractivity contribution in [1.29, 1.82) is 0 Å². The molecule has 11 heteroatoms. The Morgan fingerprint density at radius 1 is 0.656 bits per heavy atom. The topological polar surface area (TPSA) is 42.5 Å². The first-order valence-corrected chi connectivity index (χ1v) is 11.2. The first-order valence-electron chi connectivity index (χ1n) is 9.13. The van der Waals surface area contributed by atoms with Gasteiger partial charge >= 0.3 is 33.0 Å². The van der Waals surface area contributed by atoms with Crippen LogP contribution in [0.3, 0.4) is 0 Å². The molecule has 0 bridgehead atoms. The predicted molar refractivity (Wildman–Crippen MR) is 111 cm³/mol. The van der Waals surface area contributed by atoms with Gasteiger partial charge in [0, 0.05) is 30.1 Å². The van der Waals surface area contributed by atoms with Gasteiger partial charge in [0.05, 0.1) is 17.1 Å². The van der Waals surface area contributed by atoms with Crippen molar-refractivity contribution in [3.63, 3.8) is 0 Å². The number of halogens is 6. The van der Waals surface area contributed by atoms with Gasteiger partial charge in [-0.2, -0.15) is 4.57 Å². The molecule has 4 aromatic heterocycles. The summed E-state index contributed by atoms with van der Waals surface area (Å²) in [7, 11) is -8.64. The fourth-order valence-electron chi connectivity index (χ4n) is 2.83. The molecule has 32 heavy (non-hydrogen) atoms. The first kappa shape index (κ1) is 23.3. The van der Waals surface area contributed by atoms with Gasteiger partial charge in [-0.15, -0.1) is 0 Å². The predicted octanol–water partition coefficient (Wildman–Crippen LogP) is 7.08. The van der Waals surface area contributed by atoms with E-state index < -0.39 is 7.81 Å². The summed E-state index contributed by atoms with van der Waals surface area (Å²) in [4.78, 5) is 13.8. The average Bonchev–Trinajstić information content (AvgIpc) is 2.73. The van der Waals surface area contributed by atoms with Crippen molar-refractivity contribution in [3.8, 4) is 34.0 Å². The van der Waals surface area contributed by atoms with Crippen molar-refractivity contribution < 1.29 is 29.7 Å². The fourth-order valence-corrected chi connectivity index (χ4v) is 2.83. The Morgan fingerprint density at radius 2 is 1.28 bits per heavy atom. The van der Waals surface area contributed by atoms with Crippen LogP contribution >= 0.6 is 7.81 Å². The normalized spacial score (nSPS) is 13.3. The van der Waals surface area contributed by atoms with Crippen molar-refractivity contribution in [3.05, 3.63) is 85.3 Å². The summed E-state index contributed by atoms with van der Waals surface area (Å²) < 4.78 is 61.3. The molecule has 0 N–H and O–H groups in total. The van der Waals surface area contributed by atoms with E-state index in [1.165, 1.54) is 0 Å². The number of hydrogen-bond donors (Lipinski definition) is 0. The SMILES string of the molecule is C[n+]1ccccc1-c1ncccc1-c1cccc(-c2ccccn2)n1.F[P-](F)(F)(F)(F)F. The van der Waals surface area contributed by atoms with E-state index in [-0.39, 0.29) is 0 Å². The van der Waals surface area contributed by atoms with E-state index in [1.807, 2.05) is 74.0 Å². The zero-order valence-electron chi connectivity index (χ0n) is 16.6. The van der Waals surface area contributed by atoms with E-state index in [9.17, 15) is 25.2 Å². The summed E-state index contributed by atoms with van der Waals surface area (Å²) in [6.45, 7) is 0. The molecular weight excluding hydrogens is 453 g/mol. The van der Waals surface area contributed by atoms with Crippen LogP contribution in [-0.2, 0) is 7.05 Å². The quantitative estimate of drug-likeness (QED) is 0.183. The van der Waals surface area contributed by atoms with E-state index in [1.54, 1.807) is 6.20 Å². The maximum absolute atomic E-state index is 10.7. The molecule has 0 aliphatic heterocycles. The van der Waals surface area contributed by atoms with Crippen LogP contribution in [0.5, 0.6) is 0 Å². The summed E-state index contributed by atoms with van der Waals surface area (Å²) >= 11 is 0. The minimum absolute atomic E-state index is 0.852. The molecule has 0 spiro atoms. The molecule has 0 aromatic carbocycles. The molecule has 0 amide bonds.